The summed E-state index contributed by atoms with van der Waals surface area (Å²) in [6.45, 7) is 3.49. The second-order valence-corrected chi connectivity index (χ2v) is 6.33. The Labute approximate surface area is 157 Å². The summed E-state index contributed by atoms with van der Waals surface area (Å²) in [6, 6.07) is 11.9. The molecule has 26 heavy (non-hydrogen) atoms. The van der Waals surface area contributed by atoms with Crippen molar-refractivity contribution in [3.8, 4) is 0 Å². The van der Waals surface area contributed by atoms with E-state index in [2.05, 4.69) is 12.2 Å². The highest BCUT2D eigenvalue weighted by Gasteiger charge is 2.15. The number of rotatable bonds is 7. The second-order valence-electron chi connectivity index (χ2n) is 5.92. The summed E-state index contributed by atoms with van der Waals surface area (Å²) < 4.78 is 18.6. The molecule has 0 aliphatic carbocycles. The molecule has 2 aromatic rings. The van der Waals surface area contributed by atoms with Crippen LogP contribution in [0.2, 0.25) is 5.02 Å². The molecule has 4 nitrogen and oxygen atoms in total. The topological polar surface area (TPSA) is 55.4 Å². The van der Waals surface area contributed by atoms with E-state index in [0.717, 1.165) is 12.0 Å². The Morgan fingerprint density at radius 3 is 2.50 bits per heavy atom. The molecule has 0 radical (unpaired) electrons. The first-order valence-electron chi connectivity index (χ1n) is 8.37. The third-order valence-electron chi connectivity index (χ3n) is 4.01. The Balaban J connectivity index is 1.83. The average molecular weight is 378 g/mol. The van der Waals surface area contributed by atoms with Crippen molar-refractivity contribution in [1.29, 1.82) is 0 Å². The second kappa shape index (κ2) is 9.34. The summed E-state index contributed by atoms with van der Waals surface area (Å²) in [4.78, 5) is 23.8. The number of hydrogen-bond acceptors (Lipinski definition) is 3. The number of carbonyl (C=O) groups excluding carboxylic acids is 2. The van der Waals surface area contributed by atoms with Crippen molar-refractivity contribution >= 4 is 23.5 Å². The highest BCUT2D eigenvalue weighted by atomic mass is 35.5. The Morgan fingerprint density at radius 1 is 1.19 bits per heavy atom. The van der Waals surface area contributed by atoms with Crippen LogP contribution in [0.15, 0.2) is 42.5 Å². The van der Waals surface area contributed by atoms with Crippen molar-refractivity contribution in [3.63, 3.8) is 0 Å². The number of aryl methyl sites for hydroxylation is 1. The van der Waals surface area contributed by atoms with Gasteiger partial charge in [-0.2, -0.15) is 0 Å². The SMILES string of the molecule is CCc1ccc([C@H](C)NC(=O)COC(=O)Cc2c(F)cccc2Cl)cc1. The van der Waals surface area contributed by atoms with Gasteiger partial charge in [0.2, 0.25) is 0 Å². The van der Waals surface area contributed by atoms with E-state index < -0.39 is 24.3 Å². The summed E-state index contributed by atoms with van der Waals surface area (Å²) in [6.07, 6.45) is 0.621. The summed E-state index contributed by atoms with van der Waals surface area (Å²) >= 11 is 5.87. The molecule has 2 rings (SSSR count). The van der Waals surface area contributed by atoms with Crippen molar-refractivity contribution in [3.05, 3.63) is 70.0 Å². The zero-order chi connectivity index (χ0) is 19.1. The molecule has 6 heteroatoms. The lowest BCUT2D eigenvalue weighted by molar-refractivity contribution is -0.148. The lowest BCUT2D eigenvalue weighted by atomic mass is 10.1. The maximum atomic E-state index is 13.7. The third kappa shape index (κ3) is 5.56. The molecule has 0 aliphatic heterocycles. The van der Waals surface area contributed by atoms with E-state index in [1.807, 2.05) is 31.2 Å². The standard InChI is InChI=1S/C20H21ClFNO3/c1-3-14-7-9-15(10-8-14)13(2)23-19(24)12-26-20(25)11-16-17(21)5-4-6-18(16)22/h4-10,13H,3,11-12H2,1-2H3,(H,23,24)/t13-/m0/s1. The van der Waals surface area contributed by atoms with Crippen LogP contribution in [0.5, 0.6) is 0 Å². The van der Waals surface area contributed by atoms with Gasteiger partial charge in [-0.15, -0.1) is 0 Å². The molecule has 1 amide bonds. The van der Waals surface area contributed by atoms with Gasteiger partial charge in [0.05, 0.1) is 12.5 Å². The molecular weight excluding hydrogens is 357 g/mol. The molecule has 138 valence electrons. The van der Waals surface area contributed by atoms with Crippen molar-refractivity contribution in [2.24, 2.45) is 0 Å². The molecule has 1 atom stereocenters. The monoisotopic (exact) mass is 377 g/mol. The molecule has 0 unspecified atom stereocenters. The van der Waals surface area contributed by atoms with Gasteiger partial charge in [-0.25, -0.2) is 4.39 Å². The number of esters is 1. The van der Waals surface area contributed by atoms with E-state index in [9.17, 15) is 14.0 Å². The summed E-state index contributed by atoms with van der Waals surface area (Å²) in [5, 5.41) is 2.91. The fourth-order valence-electron chi connectivity index (χ4n) is 2.45. The van der Waals surface area contributed by atoms with Crippen LogP contribution >= 0.6 is 11.6 Å². The smallest absolute Gasteiger partial charge is 0.310 e. The maximum absolute atomic E-state index is 13.7. The molecule has 0 aliphatic rings. The Kier molecular flexibility index (Phi) is 7.16. The fraction of sp³-hybridized carbons (Fsp3) is 0.300. The minimum absolute atomic E-state index is 0.0592. The van der Waals surface area contributed by atoms with Crippen molar-refractivity contribution < 1.29 is 18.7 Å². The summed E-state index contributed by atoms with van der Waals surface area (Å²) in [5.41, 5.74) is 2.23. The number of ether oxygens (including phenoxy) is 1. The largest absolute Gasteiger partial charge is 0.455 e. The highest BCUT2D eigenvalue weighted by molar-refractivity contribution is 6.31. The Bertz CT molecular complexity index is 757. The molecule has 0 fully saturated rings. The fourth-order valence-corrected chi connectivity index (χ4v) is 2.68. The predicted octanol–water partition coefficient (Wildman–Crippen LogP) is 4.00. The first kappa shape index (κ1) is 19.9. The number of benzene rings is 2. The number of amides is 1. The van der Waals surface area contributed by atoms with Gasteiger partial charge in [0.1, 0.15) is 5.82 Å². The number of carbonyl (C=O) groups is 2. The van der Waals surface area contributed by atoms with Gasteiger partial charge in [0.25, 0.3) is 5.91 Å². The van der Waals surface area contributed by atoms with Crippen molar-refractivity contribution in [1.82, 2.24) is 5.32 Å². The van der Waals surface area contributed by atoms with Gasteiger partial charge < -0.3 is 10.1 Å². The van der Waals surface area contributed by atoms with E-state index in [0.29, 0.717) is 0 Å². The minimum atomic E-state index is -0.716. The molecule has 0 heterocycles. The van der Waals surface area contributed by atoms with E-state index in [4.69, 9.17) is 16.3 Å². The van der Waals surface area contributed by atoms with Gasteiger partial charge in [-0.05, 0) is 36.6 Å². The van der Waals surface area contributed by atoms with E-state index in [-0.39, 0.29) is 23.0 Å². The molecule has 0 spiro atoms. The molecule has 0 bridgehead atoms. The first-order valence-corrected chi connectivity index (χ1v) is 8.75. The highest BCUT2D eigenvalue weighted by Crippen LogP contribution is 2.19. The molecule has 1 N–H and O–H groups in total. The van der Waals surface area contributed by atoms with Crippen LogP contribution in [0.3, 0.4) is 0 Å². The Hall–Kier alpha value is -2.40. The molecular formula is C20H21ClFNO3. The third-order valence-corrected chi connectivity index (χ3v) is 4.37. The van der Waals surface area contributed by atoms with Crippen LogP contribution in [0.1, 0.15) is 36.6 Å². The lowest BCUT2D eigenvalue weighted by Crippen LogP contribution is -2.31. The van der Waals surface area contributed by atoms with Crippen molar-refractivity contribution in [2.75, 3.05) is 6.61 Å². The summed E-state index contributed by atoms with van der Waals surface area (Å²) in [5.74, 6) is -1.72. The molecule has 0 saturated heterocycles. The average Bonchev–Trinajstić information content (AvgIpc) is 2.63. The molecule has 0 saturated carbocycles. The van der Waals surface area contributed by atoms with Crippen LogP contribution in [0, 0.1) is 5.82 Å². The number of nitrogens with one attached hydrogen (secondary N) is 1. The van der Waals surface area contributed by atoms with Crippen LogP contribution < -0.4 is 5.32 Å². The minimum Gasteiger partial charge on any atom is -0.455 e. The van der Waals surface area contributed by atoms with Gasteiger partial charge in [0.15, 0.2) is 6.61 Å². The van der Waals surface area contributed by atoms with Crippen LogP contribution in [-0.2, 0) is 27.2 Å². The number of hydrogen-bond donors (Lipinski definition) is 1. The molecule has 0 aromatic heterocycles. The zero-order valence-corrected chi connectivity index (χ0v) is 15.5. The lowest BCUT2D eigenvalue weighted by Gasteiger charge is -2.15. The van der Waals surface area contributed by atoms with Gasteiger partial charge in [-0.1, -0.05) is 48.9 Å². The van der Waals surface area contributed by atoms with Crippen LogP contribution in [0.4, 0.5) is 4.39 Å². The van der Waals surface area contributed by atoms with Gasteiger partial charge in [0, 0.05) is 10.6 Å². The maximum Gasteiger partial charge on any atom is 0.310 e. The van der Waals surface area contributed by atoms with Gasteiger partial charge >= 0.3 is 5.97 Å². The number of halogens is 2. The zero-order valence-electron chi connectivity index (χ0n) is 14.7. The van der Waals surface area contributed by atoms with E-state index in [1.165, 1.54) is 23.8 Å². The van der Waals surface area contributed by atoms with Crippen molar-refractivity contribution in [2.45, 2.75) is 32.7 Å². The van der Waals surface area contributed by atoms with Crippen LogP contribution in [-0.4, -0.2) is 18.5 Å². The first-order chi connectivity index (χ1) is 12.4. The predicted molar refractivity (Wildman–Crippen MR) is 98.5 cm³/mol. The Morgan fingerprint density at radius 2 is 1.88 bits per heavy atom. The van der Waals surface area contributed by atoms with Gasteiger partial charge in [-0.3, -0.25) is 9.59 Å². The van der Waals surface area contributed by atoms with E-state index in [1.54, 1.807) is 0 Å². The summed E-state index contributed by atoms with van der Waals surface area (Å²) in [7, 11) is 0. The molecule has 2 aromatic carbocycles. The van der Waals surface area contributed by atoms with Crippen LogP contribution in [0.25, 0.3) is 0 Å². The van der Waals surface area contributed by atoms with E-state index >= 15 is 0 Å². The quantitative estimate of drug-likeness (QED) is 0.742. The normalized spacial score (nSPS) is 11.7.